The Kier molecular flexibility index (Phi) is 8.73. The maximum Gasteiger partial charge on any atom is 0.407 e. The molecule has 2 saturated carbocycles. The fourth-order valence-electron chi connectivity index (χ4n) is 5.84. The van der Waals surface area contributed by atoms with Gasteiger partial charge in [0.05, 0.1) is 0 Å². The van der Waals surface area contributed by atoms with Crippen LogP contribution in [0.5, 0.6) is 0 Å². The molecule has 0 aliphatic heterocycles. The average molecular weight is 622 g/mol. The number of anilines is 2. The number of rotatable bonds is 8. The number of nitrogens with two attached hydrogens (primary N) is 1. The number of carbonyl (C=O) groups is 2. The Labute approximate surface area is 257 Å². The molecule has 11 nitrogen and oxygen atoms in total. The molecule has 2 fully saturated rings. The van der Waals surface area contributed by atoms with Crippen LogP contribution in [-0.2, 0) is 14.8 Å². The molecular weight excluding hydrogens is 582 g/mol. The summed E-state index contributed by atoms with van der Waals surface area (Å²) in [5.41, 5.74) is 8.23. The lowest BCUT2D eigenvalue weighted by Crippen LogP contribution is -2.47. The van der Waals surface area contributed by atoms with E-state index >= 15 is 0 Å². The van der Waals surface area contributed by atoms with Crippen LogP contribution in [-0.4, -0.2) is 59.3 Å². The molecular formula is C32H39N5O6S. The van der Waals surface area contributed by atoms with Crippen LogP contribution in [0.4, 0.5) is 21.1 Å². The number of nitrogens with one attached hydrogen (secondary N) is 2. The van der Waals surface area contributed by atoms with E-state index in [1.54, 1.807) is 23.1 Å². The maximum absolute atomic E-state index is 12.8. The molecule has 5 N–H and O–H groups in total. The van der Waals surface area contributed by atoms with E-state index in [0.717, 1.165) is 23.1 Å². The van der Waals surface area contributed by atoms with Gasteiger partial charge < -0.3 is 25.8 Å². The molecule has 2 aromatic carbocycles. The molecule has 0 radical (unpaired) electrons. The van der Waals surface area contributed by atoms with E-state index in [1.165, 1.54) is 18.3 Å². The lowest BCUT2D eigenvalue weighted by Gasteiger charge is -2.36. The first-order valence-corrected chi connectivity index (χ1v) is 16.2. The highest BCUT2D eigenvalue weighted by Crippen LogP contribution is 2.47. The van der Waals surface area contributed by atoms with E-state index in [1.807, 2.05) is 51.1 Å². The van der Waals surface area contributed by atoms with Crippen molar-refractivity contribution < 1.29 is 27.9 Å². The van der Waals surface area contributed by atoms with Gasteiger partial charge in [-0.1, -0.05) is 36.4 Å². The van der Waals surface area contributed by atoms with Crippen LogP contribution < -0.4 is 15.8 Å². The van der Waals surface area contributed by atoms with Crippen molar-refractivity contribution in [2.24, 2.45) is 0 Å². The van der Waals surface area contributed by atoms with E-state index in [4.69, 9.17) is 10.5 Å². The van der Waals surface area contributed by atoms with Crippen LogP contribution in [0.15, 0.2) is 71.8 Å². The normalized spacial score (nSPS) is 21.6. The molecule has 0 bridgehead atoms. The Hall–Kier alpha value is -4.32. The minimum absolute atomic E-state index is 0.0151. The molecule has 2 amide bonds. The first-order chi connectivity index (χ1) is 20.8. The fourth-order valence-corrected chi connectivity index (χ4v) is 6.83. The number of amides is 2. The Morgan fingerprint density at radius 3 is 2.32 bits per heavy atom. The monoisotopic (exact) mass is 621 g/mol. The summed E-state index contributed by atoms with van der Waals surface area (Å²) in [5.74, 6) is 0.351. The molecule has 12 heteroatoms. The van der Waals surface area contributed by atoms with Crippen LogP contribution in [0.2, 0.25) is 0 Å². The zero-order chi connectivity index (χ0) is 31.6. The molecule has 0 spiro atoms. The lowest BCUT2D eigenvalue weighted by molar-refractivity contribution is 0.0471. The molecule has 5 rings (SSSR count). The van der Waals surface area contributed by atoms with E-state index < -0.39 is 27.8 Å². The lowest BCUT2D eigenvalue weighted by atomic mass is 9.90. The van der Waals surface area contributed by atoms with Gasteiger partial charge in [-0.2, -0.15) is 0 Å². The molecule has 3 aromatic rings. The Bertz CT molecular complexity index is 1600. The van der Waals surface area contributed by atoms with Crippen LogP contribution in [0, 0.1) is 0 Å². The third kappa shape index (κ3) is 7.60. The van der Waals surface area contributed by atoms with Crippen LogP contribution in [0.3, 0.4) is 0 Å². The first kappa shape index (κ1) is 31.1. The van der Waals surface area contributed by atoms with Gasteiger partial charge in [-0.05, 0) is 93.8 Å². The topological polar surface area (TPSA) is 164 Å². The zero-order valence-electron chi connectivity index (χ0n) is 25.1. The summed E-state index contributed by atoms with van der Waals surface area (Å²) in [7, 11) is -3.83. The van der Waals surface area contributed by atoms with E-state index in [2.05, 4.69) is 15.0 Å². The first-order valence-electron chi connectivity index (χ1n) is 14.7. The van der Waals surface area contributed by atoms with E-state index in [0.29, 0.717) is 31.4 Å². The number of nitrogen functional groups attached to an aromatic ring is 1. The van der Waals surface area contributed by atoms with Crippen molar-refractivity contribution in [2.75, 3.05) is 10.5 Å². The van der Waals surface area contributed by atoms with Crippen molar-refractivity contribution in [3.8, 4) is 11.1 Å². The molecule has 2 atom stereocenters. The number of carboxylic acid groups (broad SMARTS) is 1. The molecule has 0 saturated heterocycles. The zero-order valence-corrected chi connectivity index (χ0v) is 25.9. The van der Waals surface area contributed by atoms with Gasteiger partial charge in [0.25, 0.3) is 10.0 Å². The second-order valence-electron chi connectivity index (χ2n) is 12.5. The highest BCUT2D eigenvalue weighted by molar-refractivity contribution is 7.92. The molecule has 2 unspecified atom stereocenters. The molecule has 1 heterocycles. The third-order valence-electron chi connectivity index (χ3n) is 8.00. The van der Waals surface area contributed by atoms with E-state index in [9.17, 15) is 23.1 Å². The summed E-state index contributed by atoms with van der Waals surface area (Å²) in [6.07, 6.45) is 3.40. The summed E-state index contributed by atoms with van der Waals surface area (Å²) in [5, 5.41) is 13.0. The van der Waals surface area contributed by atoms with E-state index in [-0.39, 0.29) is 34.8 Å². The predicted molar refractivity (Wildman–Crippen MR) is 168 cm³/mol. The standard InChI is InChI=1S/C32H39N5O6S/c1-32(2,3)43-30(38)35-23-11-13-25(14-12-23)37(31(39)40)28-18-27(28)21-9-7-20(8-10-21)22-5-4-6-24(17-22)36-44(41,42)26-15-16-29(33)34-19-26/h4-10,15-17,19,23,25,27-28,36H,11-14,18H2,1-3H3,(H2,33,34)(H,35,38)(H,39,40). The predicted octanol–water partition coefficient (Wildman–Crippen LogP) is 5.80. The van der Waals surface area contributed by atoms with Crippen molar-refractivity contribution in [2.45, 2.75) is 87.4 Å². The average Bonchev–Trinajstić information content (AvgIpc) is 3.73. The highest BCUT2D eigenvalue weighted by atomic mass is 32.2. The number of sulfonamides is 1. The number of hydrogen-bond donors (Lipinski definition) is 4. The Morgan fingerprint density at radius 1 is 1.00 bits per heavy atom. The maximum atomic E-state index is 12.8. The Balaban J connectivity index is 1.19. The van der Waals surface area contributed by atoms with Gasteiger partial charge in [0.2, 0.25) is 0 Å². The van der Waals surface area contributed by atoms with Crippen LogP contribution >= 0.6 is 0 Å². The minimum Gasteiger partial charge on any atom is -0.465 e. The molecule has 2 aliphatic carbocycles. The summed E-state index contributed by atoms with van der Waals surface area (Å²) in [4.78, 5) is 30.0. The molecule has 44 heavy (non-hydrogen) atoms. The van der Waals surface area contributed by atoms with Gasteiger partial charge in [-0.25, -0.2) is 23.0 Å². The number of alkyl carbamates (subject to hydrolysis) is 1. The van der Waals surface area contributed by atoms with Crippen molar-refractivity contribution in [1.29, 1.82) is 0 Å². The van der Waals surface area contributed by atoms with Gasteiger partial charge in [-0.15, -0.1) is 0 Å². The number of ether oxygens (including phenoxy) is 1. The van der Waals surface area contributed by atoms with Gasteiger partial charge in [0.1, 0.15) is 16.3 Å². The molecule has 234 valence electrons. The third-order valence-corrected chi connectivity index (χ3v) is 9.37. The van der Waals surface area contributed by atoms with Gasteiger partial charge in [0, 0.05) is 35.9 Å². The summed E-state index contributed by atoms with van der Waals surface area (Å²) in [6.45, 7) is 5.46. The highest BCUT2D eigenvalue weighted by Gasteiger charge is 2.48. The number of carbonyl (C=O) groups excluding carboxylic acids is 1. The molecule has 2 aliphatic rings. The summed E-state index contributed by atoms with van der Waals surface area (Å²) < 4.78 is 33.5. The van der Waals surface area contributed by atoms with Gasteiger partial charge >= 0.3 is 12.2 Å². The van der Waals surface area contributed by atoms with Crippen LogP contribution in [0.1, 0.15) is 64.4 Å². The second kappa shape index (κ2) is 12.4. The largest absolute Gasteiger partial charge is 0.465 e. The second-order valence-corrected chi connectivity index (χ2v) is 14.2. The molecule has 1 aromatic heterocycles. The number of nitrogens with zero attached hydrogens (tertiary/aromatic N) is 2. The van der Waals surface area contributed by atoms with Gasteiger partial charge in [0.15, 0.2) is 0 Å². The van der Waals surface area contributed by atoms with Crippen molar-refractivity contribution >= 4 is 33.7 Å². The van der Waals surface area contributed by atoms with Gasteiger partial charge in [-0.3, -0.25) is 4.72 Å². The number of aromatic nitrogens is 1. The summed E-state index contributed by atoms with van der Waals surface area (Å²) >= 11 is 0. The minimum atomic E-state index is -3.83. The van der Waals surface area contributed by atoms with Crippen molar-refractivity contribution in [3.05, 3.63) is 72.4 Å². The fraction of sp³-hybridized carbons (Fsp3) is 0.406. The van der Waals surface area contributed by atoms with Crippen LogP contribution in [0.25, 0.3) is 11.1 Å². The van der Waals surface area contributed by atoms with Crippen molar-refractivity contribution in [1.82, 2.24) is 15.2 Å². The summed E-state index contributed by atoms with van der Waals surface area (Å²) in [6, 6.07) is 17.7. The quantitative estimate of drug-likeness (QED) is 0.245. The van der Waals surface area contributed by atoms with Crippen molar-refractivity contribution in [3.63, 3.8) is 0 Å². The number of benzene rings is 2. The smallest absolute Gasteiger partial charge is 0.407 e. The SMILES string of the molecule is CC(C)(C)OC(=O)NC1CCC(N(C(=O)O)C2CC2c2ccc(-c3cccc(NS(=O)(=O)c4ccc(N)nc4)c3)cc2)CC1. The number of pyridine rings is 1. The number of hydrogen-bond acceptors (Lipinski definition) is 7. The Morgan fingerprint density at radius 2 is 1.70 bits per heavy atom.